The standard InChI is InChI=1S/C21H32N4O4/c1-15(5-9-20(27)25-12-10-22-11-13-25)4-8-19(26)23-17-14-16(21(28)29)6-7-18(17)24(2)3/h6-7,14-15,22H,4-5,8-13H2,1-3H3,(H,23,26)(H,28,29). The Morgan fingerprint density at radius 1 is 1.17 bits per heavy atom. The Morgan fingerprint density at radius 3 is 2.45 bits per heavy atom. The van der Waals surface area contributed by atoms with Gasteiger partial charge in [-0.15, -0.1) is 0 Å². The molecule has 2 rings (SSSR count). The second-order valence-electron chi connectivity index (χ2n) is 7.79. The maximum atomic E-state index is 12.4. The smallest absolute Gasteiger partial charge is 0.335 e. The van der Waals surface area contributed by atoms with Crippen LogP contribution in [0.3, 0.4) is 0 Å². The zero-order valence-corrected chi connectivity index (χ0v) is 17.5. The average molecular weight is 405 g/mol. The predicted molar refractivity (Wildman–Crippen MR) is 113 cm³/mol. The number of carbonyl (C=O) groups is 3. The van der Waals surface area contributed by atoms with Crippen molar-refractivity contribution in [3.63, 3.8) is 0 Å². The van der Waals surface area contributed by atoms with E-state index in [0.717, 1.165) is 38.3 Å². The van der Waals surface area contributed by atoms with Crippen LogP contribution in [0.5, 0.6) is 0 Å². The van der Waals surface area contributed by atoms with Crippen molar-refractivity contribution in [1.82, 2.24) is 10.2 Å². The first kappa shape index (κ1) is 22.7. The summed E-state index contributed by atoms with van der Waals surface area (Å²) < 4.78 is 0. The summed E-state index contributed by atoms with van der Waals surface area (Å²) in [5.74, 6) is -0.750. The summed E-state index contributed by atoms with van der Waals surface area (Å²) in [5, 5.41) is 15.3. The Hall–Kier alpha value is -2.61. The van der Waals surface area contributed by atoms with Crippen LogP contribution in [0.25, 0.3) is 0 Å². The Morgan fingerprint density at radius 2 is 1.83 bits per heavy atom. The fourth-order valence-electron chi connectivity index (χ4n) is 3.34. The molecule has 1 aliphatic rings. The van der Waals surface area contributed by atoms with Gasteiger partial charge in [0.05, 0.1) is 16.9 Å². The van der Waals surface area contributed by atoms with E-state index >= 15 is 0 Å². The van der Waals surface area contributed by atoms with Crippen molar-refractivity contribution in [3.8, 4) is 0 Å². The van der Waals surface area contributed by atoms with E-state index in [9.17, 15) is 19.5 Å². The lowest BCUT2D eigenvalue weighted by molar-refractivity contribution is -0.132. The topological polar surface area (TPSA) is 102 Å². The lowest BCUT2D eigenvalue weighted by Crippen LogP contribution is -2.46. The molecule has 1 aromatic rings. The Bertz CT molecular complexity index is 729. The molecule has 1 saturated heterocycles. The number of hydrogen-bond donors (Lipinski definition) is 3. The van der Waals surface area contributed by atoms with Gasteiger partial charge in [-0.3, -0.25) is 9.59 Å². The Labute approximate surface area is 172 Å². The van der Waals surface area contributed by atoms with Gasteiger partial charge in [-0.2, -0.15) is 0 Å². The maximum Gasteiger partial charge on any atom is 0.335 e. The third-order valence-electron chi connectivity index (χ3n) is 5.18. The van der Waals surface area contributed by atoms with Crippen LogP contribution in [0.4, 0.5) is 11.4 Å². The molecule has 1 heterocycles. The highest BCUT2D eigenvalue weighted by molar-refractivity contribution is 5.97. The summed E-state index contributed by atoms with van der Waals surface area (Å²) >= 11 is 0. The van der Waals surface area contributed by atoms with Crippen LogP contribution >= 0.6 is 0 Å². The van der Waals surface area contributed by atoms with E-state index < -0.39 is 5.97 Å². The minimum atomic E-state index is -1.03. The fourth-order valence-corrected chi connectivity index (χ4v) is 3.34. The largest absolute Gasteiger partial charge is 0.478 e. The van der Waals surface area contributed by atoms with Gasteiger partial charge < -0.3 is 25.5 Å². The molecule has 1 aliphatic heterocycles. The van der Waals surface area contributed by atoms with Gasteiger partial charge in [-0.25, -0.2) is 4.79 Å². The highest BCUT2D eigenvalue weighted by Crippen LogP contribution is 2.26. The van der Waals surface area contributed by atoms with E-state index in [1.54, 1.807) is 6.07 Å². The van der Waals surface area contributed by atoms with Crippen LogP contribution in [0.15, 0.2) is 18.2 Å². The molecule has 1 unspecified atom stereocenters. The molecular formula is C21H32N4O4. The molecule has 2 amide bonds. The first-order chi connectivity index (χ1) is 13.8. The molecule has 1 atom stereocenters. The Kier molecular flexibility index (Phi) is 8.45. The number of aromatic carboxylic acids is 1. The van der Waals surface area contributed by atoms with Crippen molar-refractivity contribution < 1.29 is 19.5 Å². The molecule has 0 bridgehead atoms. The quantitative estimate of drug-likeness (QED) is 0.582. The van der Waals surface area contributed by atoms with E-state index in [4.69, 9.17) is 0 Å². The molecule has 0 aliphatic carbocycles. The van der Waals surface area contributed by atoms with Gasteiger partial charge in [0, 0.05) is 53.1 Å². The second-order valence-corrected chi connectivity index (χ2v) is 7.79. The zero-order valence-electron chi connectivity index (χ0n) is 17.5. The predicted octanol–water partition coefficient (Wildman–Crippen LogP) is 2.02. The molecule has 160 valence electrons. The number of amides is 2. The van der Waals surface area contributed by atoms with E-state index in [-0.39, 0.29) is 23.3 Å². The van der Waals surface area contributed by atoms with Crippen LogP contribution in [-0.4, -0.2) is 68.1 Å². The molecular weight excluding hydrogens is 372 g/mol. The SMILES string of the molecule is CC(CCC(=O)Nc1cc(C(=O)O)ccc1N(C)C)CCC(=O)N1CCNCC1. The first-order valence-corrected chi connectivity index (χ1v) is 10.1. The summed E-state index contributed by atoms with van der Waals surface area (Å²) in [5.41, 5.74) is 1.37. The highest BCUT2D eigenvalue weighted by Gasteiger charge is 2.18. The number of carboxylic acid groups (broad SMARTS) is 1. The summed E-state index contributed by atoms with van der Waals surface area (Å²) in [7, 11) is 3.67. The van der Waals surface area contributed by atoms with Gasteiger partial charge in [-0.1, -0.05) is 6.92 Å². The van der Waals surface area contributed by atoms with Gasteiger partial charge in [0.1, 0.15) is 0 Å². The van der Waals surface area contributed by atoms with Crippen molar-refractivity contribution in [2.75, 3.05) is 50.5 Å². The number of benzene rings is 1. The van der Waals surface area contributed by atoms with Crippen molar-refractivity contribution >= 4 is 29.2 Å². The van der Waals surface area contributed by atoms with E-state index in [0.29, 0.717) is 24.9 Å². The summed E-state index contributed by atoms with van der Waals surface area (Å²) in [6.07, 6.45) is 2.27. The van der Waals surface area contributed by atoms with Crippen LogP contribution in [-0.2, 0) is 9.59 Å². The lowest BCUT2D eigenvalue weighted by atomic mass is 9.99. The molecule has 29 heavy (non-hydrogen) atoms. The van der Waals surface area contributed by atoms with E-state index in [1.807, 2.05) is 23.9 Å². The molecule has 8 nitrogen and oxygen atoms in total. The Balaban J connectivity index is 1.82. The first-order valence-electron chi connectivity index (χ1n) is 10.1. The van der Waals surface area contributed by atoms with Gasteiger partial charge in [0.2, 0.25) is 11.8 Å². The summed E-state index contributed by atoms with van der Waals surface area (Å²) in [6, 6.07) is 4.68. The minimum absolute atomic E-state index is 0.130. The van der Waals surface area contributed by atoms with Crippen LogP contribution < -0.4 is 15.5 Å². The lowest BCUT2D eigenvalue weighted by Gasteiger charge is -2.27. The average Bonchev–Trinajstić information content (AvgIpc) is 2.70. The van der Waals surface area contributed by atoms with Crippen molar-refractivity contribution in [3.05, 3.63) is 23.8 Å². The molecule has 8 heteroatoms. The van der Waals surface area contributed by atoms with Crippen LogP contribution in [0.2, 0.25) is 0 Å². The molecule has 0 saturated carbocycles. The van der Waals surface area contributed by atoms with Crippen molar-refractivity contribution in [1.29, 1.82) is 0 Å². The van der Waals surface area contributed by atoms with Crippen molar-refractivity contribution in [2.45, 2.75) is 32.6 Å². The molecule has 0 radical (unpaired) electrons. The number of hydrogen-bond acceptors (Lipinski definition) is 5. The summed E-state index contributed by atoms with van der Waals surface area (Å²) in [6.45, 7) is 5.27. The fraction of sp³-hybridized carbons (Fsp3) is 0.571. The highest BCUT2D eigenvalue weighted by atomic mass is 16.4. The van der Waals surface area contributed by atoms with Crippen LogP contribution in [0.1, 0.15) is 43.0 Å². The maximum absolute atomic E-state index is 12.4. The molecule has 1 aromatic carbocycles. The van der Waals surface area contributed by atoms with E-state index in [2.05, 4.69) is 17.6 Å². The molecule has 1 fully saturated rings. The van der Waals surface area contributed by atoms with Crippen LogP contribution in [0, 0.1) is 5.92 Å². The summed E-state index contributed by atoms with van der Waals surface area (Å²) in [4.78, 5) is 39.6. The third kappa shape index (κ3) is 7.05. The number of carboxylic acids is 1. The molecule has 0 spiro atoms. The van der Waals surface area contributed by atoms with Gasteiger partial charge in [0.15, 0.2) is 0 Å². The normalized spacial score (nSPS) is 14.9. The number of nitrogens with zero attached hydrogens (tertiary/aromatic N) is 2. The number of carbonyl (C=O) groups excluding carboxylic acids is 2. The molecule has 3 N–H and O–H groups in total. The minimum Gasteiger partial charge on any atom is -0.478 e. The number of anilines is 2. The van der Waals surface area contributed by atoms with Gasteiger partial charge in [0.25, 0.3) is 0 Å². The monoisotopic (exact) mass is 404 g/mol. The van der Waals surface area contributed by atoms with Gasteiger partial charge in [-0.05, 0) is 37.0 Å². The molecule has 0 aromatic heterocycles. The van der Waals surface area contributed by atoms with Gasteiger partial charge >= 0.3 is 5.97 Å². The third-order valence-corrected chi connectivity index (χ3v) is 5.18. The number of nitrogens with one attached hydrogen (secondary N) is 2. The van der Waals surface area contributed by atoms with E-state index in [1.165, 1.54) is 12.1 Å². The number of rotatable bonds is 9. The zero-order chi connectivity index (χ0) is 21.4. The number of piperazine rings is 1. The van der Waals surface area contributed by atoms with Crippen molar-refractivity contribution in [2.24, 2.45) is 5.92 Å². The second kappa shape index (κ2) is 10.8.